The first-order chi connectivity index (χ1) is 9.69. The molecule has 0 aliphatic heterocycles. The molecule has 2 N–H and O–H groups in total. The van der Waals surface area contributed by atoms with E-state index in [-0.39, 0.29) is 5.95 Å². The Morgan fingerprint density at radius 2 is 2.25 bits per heavy atom. The minimum absolute atomic E-state index is 0.244. The molecule has 0 saturated carbocycles. The highest BCUT2D eigenvalue weighted by molar-refractivity contribution is 5.44. The van der Waals surface area contributed by atoms with Gasteiger partial charge in [-0.05, 0) is 18.6 Å². The standard InChI is InChI=1S/C14H16N6/c1-11-8-13(19-14(16)18-11)20(7-3-5-15)10-12-4-2-6-17-9-12/h2,4,6,8-9H,3,7,10H2,1H3,(H2,16,18,19). The smallest absolute Gasteiger partial charge is 0.222 e. The molecule has 0 unspecified atom stereocenters. The fraction of sp³-hybridized carbons (Fsp3) is 0.286. The van der Waals surface area contributed by atoms with E-state index in [1.54, 1.807) is 12.4 Å². The summed E-state index contributed by atoms with van der Waals surface area (Å²) in [6.45, 7) is 3.08. The second-order valence-electron chi connectivity index (χ2n) is 4.42. The Hall–Kier alpha value is -2.68. The number of nitrogens with two attached hydrogens (primary N) is 1. The van der Waals surface area contributed by atoms with Crippen LogP contribution < -0.4 is 10.6 Å². The molecule has 2 aromatic heterocycles. The number of aromatic nitrogens is 3. The first kappa shape index (κ1) is 13.7. The van der Waals surface area contributed by atoms with Crippen LogP contribution in [0.5, 0.6) is 0 Å². The van der Waals surface area contributed by atoms with Crippen molar-refractivity contribution in [2.75, 3.05) is 17.2 Å². The maximum atomic E-state index is 8.79. The molecule has 2 rings (SSSR count). The molecule has 0 fully saturated rings. The van der Waals surface area contributed by atoms with E-state index >= 15 is 0 Å². The third-order valence-electron chi connectivity index (χ3n) is 2.77. The SMILES string of the molecule is Cc1cc(N(CCC#N)Cc2cccnc2)nc(N)n1. The monoisotopic (exact) mass is 268 g/mol. The fourth-order valence-corrected chi connectivity index (χ4v) is 1.91. The third-order valence-corrected chi connectivity index (χ3v) is 2.77. The van der Waals surface area contributed by atoms with Crippen molar-refractivity contribution < 1.29 is 0 Å². The maximum absolute atomic E-state index is 8.79. The summed E-state index contributed by atoms with van der Waals surface area (Å²) in [6.07, 6.45) is 3.95. The molecular weight excluding hydrogens is 252 g/mol. The zero-order valence-corrected chi connectivity index (χ0v) is 11.3. The highest BCUT2D eigenvalue weighted by Gasteiger charge is 2.10. The molecule has 6 nitrogen and oxygen atoms in total. The fourth-order valence-electron chi connectivity index (χ4n) is 1.91. The van der Waals surface area contributed by atoms with Crippen LogP contribution in [0.4, 0.5) is 11.8 Å². The number of hydrogen-bond donors (Lipinski definition) is 1. The Kier molecular flexibility index (Phi) is 4.45. The van der Waals surface area contributed by atoms with E-state index in [2.05, 4.69) is 21.0 Å². The van der Waals surface area contributed by atoms with Gasteiger partial charge in [0.25, 0.3) is 0 Å². The van der Waals surface area contributed by atoms with E-state index in [0.29, 0.717) is 19.5 Å². The quantitative estimate of drug-likeness (QED) is 0.887. The molecule has 20 heavy (non-hydrogen) atoms. The van der Waals surface area contributed by atoms with Crippen LogP contribution in [-0.2, 0) is 6.54 Å². The van der Waals surface area contributed by atoms with Gasteiger partial charge in [0.05, 0.1) is 12.5 Å². The zero-order valence-electron chi connectivity index (χ0n) is 11.3. The summed E-state index contributed by atoms with van der Waals surface area (Å²) in [5, 5.41) is 8.79. The molecule has 0 radical (unpaired) electrons. The van der Waals surface area contributed by atoms with E-state index < -0.39 is 0 Å². The van der Waals surface area contributed by atoms with Crippen molar-refractivity contribution in [3.63, 3.8) is 0 Å². The van der Waals surface area contributed by atoms with Crippen LogP contribution in [0.25, 0.3) is 0 Å². The lowest BCUT2D eigenvalue weighted by Gasteiger charge is -2.23. The van der Waals surface area contributed by atoms with Crippen molar-refractivity contribution in [2.45, 2.75) is 19.9 Å². The van der Waals surface area contributed by atoms with Crippen molar-refractivity contribution in [1.82, 2.24) is 15.0 Å². The van der Waals surface area contributed by atoms with E-state index in [1.807, 2.05) is 30.0 Å². The summed E-state index contributed by atoms with van der Waals surface area (Å²) in [5.74, 6) is 0.974. The van der Waals surface area contributed by atoms with Crippen molar-refractivity contribution in [3.05, 3.63) is 41.9 Å². The number of nitriles is 1. The lowest BCUT2D eigenvalue weighted by Crippen LogP contribution is -2.25. The summed E-state index contributed by atoms with van der Waals surface area (Å²) >= 11 is 0. The van der Waals surface area contributed by atoms with Gasteiger partial charge in [0, 0.05) is 37.2 Å². The largest absolute Gasteiger partial charge is 0.368 e. The Balaban J connectivity index is 2.25. The molecule has 0 amide bonds. The molecule has 0 aliphatic rings. The number of nitrogen functional groups attached to an aromatic ring is 1. The molecule has 2 heterocycles. The van der Waals surface area contributed by atoms with Crippen LogP contribution in [0.15, 0.2) is 30.6 Å². The molecule has 0 bridgehead atoms. The highest BCUT2D eigenvalue weighted by atomic mass is 15.2. The predicted octanol–water partition coefficient (Wildman–Crippen LogP) is 1.68. The van der Waals surface area contributed by atoms with Gasteiger partial charge >= 0.3 is 0 Å². The molecule has 0 spiro atoms. The first-order valence-electron chi connectivity index (χ1n) is 6.31. The van der Waals surface area contributed by atoms with Gasteiger partial charge in [-0.25, -0.2) is 4.98 Å². The van der Waals surface area contributed by atoms with Gasteiger partial charge in [0.2, 0.25) is 5.95 Å². The average Bonchev–Trinajstić information content (AvgIpc) is 2.43. The van der Waals surface area contributed by atoms with Crippen LogP contribution >= 0.6 is 0 Å². The van der Waals surface area contributed by atoms with Crippen LogP contribution in [0.1, 0.15) is 17.7 Å². The van der Waals surface area contributed by atoms with Crippen LogP contribution in [0.2, 0.25) is 0 Å². The first-order valence-corrected chi connectivity index (χ1v) is 6.31. The molecule has 0 atom stereocenters. The number of anilines is 2. The van der Waals surface area contributed by atoms with Gasteiger partial charge in [-0.15, -0.1) is 0 Å². The number of nitrogens with zero attached hydrogens (tertiary/aromatic N) is 5. The average molecular weight is 268 g/mol. The highest BCUT2D eigenvalue weighted by Crippen LogP contribution is 2.16. The third kappa shape index (κ3) is 3.65. The van der Waals surface area contributed by atoms with Crippen LogP contribution in [0.3, 0.4) is 0 Å². The van der Waals surface area contributed by atoms with E-state index in [0.717, 1.165) is 17.1 Å². The Labute approximate surface area is 117 Å². The van der Waals surface area contributed by atoms with Crippen molar-refractivity contribution in [3.8, 4) is 6.07 Å². The Morgan fingerprint density at radius 3 is 2.90 bits per heavy atom. The summed E-state index contributed by atoms with van der Waals surface area (Å²) in [6, 6.07) is 7.89. The number of hydrogen-bond acceptors (Lipinski definition) is 6. The summed E-state index contributed by atoms with van der Waals surface area (Å²) in [4.78, 5) is 14.4. The molecule has 0 saturated heterocycles. The second kappa shape index (κ2) is 6.48. The van der Waals surface area contributed by atoms with Crippen molar-refractivity contribution in [1.29, 1.82) is 5.26 Å². The van der Waals surface area contributed by atoms with Crippen LogP contribution in [-0.4, -0.2) is 21.5 Å². The number of rotatable bonds is 5. The minimum atomic E-state index is 0.244. The summed E-state index contributed by atoms with van der Waals surface area (Å²) in [7, 11) is 0. The van der Waals surface area contributed by atoms with Gasteiger partial charge < -0.3 is 10.6 Å². The lowest BCUT2D eigenvalue weighted by molar-refractivity contribution is 0.777. The summed E-state index contributed by atoms with van der Waals surface area (Å²) in [5.41, 5.74) is 7.55. The van der Waals surface area contributed by atoms with Crippen molar-refractivity contribution in [2.24, 2.45) is 0 Å². The molecular formula is C14H16N6. The maximum Gasteiger partial charge on any atom is 0.222 e. The van der Waals surface area contributed by atoms with Gasteiger partial charge in [-0.1, -0.05) is 6.07 Å². The van der Waals surface area contributed by atoms with Crippen molar-refractivity contribution >= 4 is 11.8 Å². The lowest BCUT2D eigenvalue weighted by atomic mass is 10.2. The minimum Gasteiger partial charge on any atom is -0.368 e. The second-order valence-corrected chi connectivity index (χ2v) is 4.42. The van der Waals surface area contributed by atoms with Gasteiger partial charge in [-0.2, -0.15) is 10.2 Å². The molecule has 2 aromatic rings. The molecule has 0 aromatic carbocycles. The number of aryl methyl sites for hydroxylation is 1. The topological polar surface area (TPSA) is 91.7 Å². The number of pyridine rings is 1. The van der Waals surface area contributed by atoms with Gasteiger partial charge in [-0.3, -0.25) is 4.98 Å². The Morgan fingerprint density at radius 1 is 1.40 bits per heavy atom. The van der Waals surface area contributed by atoms with Gasteiger partial charge in [0.15, 0.2) is 0 Å². The van der Waals surface area contributed by atoms with Crippen LogP contribution in [0, 0.1) is 18.3 Å². The Bertz CT molecular complexity index is 585. The normalized spacial score (nSPS) is 10.0. The summed E-state index contributed by atoms with van der Waals surface area (Å²) < 4.78 is 0. The van der Waals surface area contributed by atoms with Gasteiger partial charge in [0.1, 0.15) is 5.82 Å². The van der Waals surface area contributed by atoms with E-state index in [9.17, 15) is 0 Å². The predicted molar refractivity (Wildman–Crippen MR) is 76.7 cm³/mol. The van der Waals surface area contributed by atoms with E-state index in [4.69, 9.17) is 11.0 Å². The molecule has 6 heteroatoms. The zero-order chi connectivity index (χ0) is 14.4. The molecule has 102 valence electrons. The molecule has 0 aliphatic carbocycles. The van der Waals surface area contributed by atoms with E-state index in [1.165, 1.54) is 0 Å².